The Morgan fingerprint density at radius 2 is 2.03 bits per heavy atom. The van der Waals surface area contributed by atoms with Gasteiger partial charge in [-0.15, -0.1) is 0 Å². The van der Waals surface area contributed by atoms with Crippen LogP contribution in [0.3, 0.4) is 0 Å². The molecule has 3 fully saturated rings. The van der Waals surface area contributed by atoms with E-state index in [1.165, 1.54) is 4.90 Å². The van der Waals surface area contributed by atoms with E-state index in [2.05, 4.69) is 5.32 Å². The van der Waals surface area contributed by atoms with Crippen LogP contribution in [0.5, 0.6) is 0 Å². The minimum Gasteiger partial charge on any atom is -0.466 e. The van der Waals surface area contributed by atoms with Crippen molar-refractivity contribution in [1.82, 2.24) is 10.2 Å². The number of hydrogen-bond acceptors (Lipinski definition) is 6. The van der Waals surface area contributed by atoms with Crippen LogP contribution in [0.1, 0.15) is 39.2 Å². The van der Waals surface area contributed by atoms with Gasteiger partial charge >= 0.3 is 5.97 Å². The minimum atomic E-state index is -1.08. The number of aliphatic hydroxyl groups excluding tert-OH is 1. The zero-order valence-corrected chi connectivity index (χ0v) is 18.8. The lowest BCUT2D eigenvalue weighted by Gasteiger charge is -2.37. The van der Waals surface area contributed by atoms with Crippen molar-refractivity contribution in [3.8, 4) is 0 Å². The first kappa shape index (κ1) is 22.7. The SMILES string of the molecule is CCOC(=O)[C@@H]1[C@H]2C(=O)N([C@@H](CO)Cc3ccccc3)[C@H](C(=O)NC(C)C)[C@]23CC[C@H]1O3. The van der Waals surface area contributed by atoms with Gasteiger partial charge < -0.3 is 24.8 Å². The molecule has 2 amide bonds. The van der Waals surface area contributed by atoms with Crippen LogP contribution in [0.2, 0.25) is 0 Å². The fraction of sp³-hybridized carbons (Fsp3) is 0.625. The number of likely N-dealkylation sites (tertiary alicyclic amines) is 1. The molecular weight excluding hydrogens is 412 g/mol. The fourth-order valence-corrected chi connectivity index (χ4v) is 5.79. The number of aliphatic hydroxyl groups is 1. The Balaban J connectivity index is 1.74. The molecule has 0 radical (unpaired) electrons. The van der Waals surface area contributed by atoms with Crippen LogP contribution in [-0.4, -0.2) is 70.8 Å². The van der Waals surface area contributed by atoms with Crippen molar-refractivity contribution in [2.45, 2.75) is 69.9 Å². The Labute approximate surface area is 188 Å². The highest BCUT2D eigenvalue weighted by Crippen LogP contribution is 2.59. The Morgan fingerprint density at radius 1 is 1.31 bits per heavy atom. The Bertz CT molecular complexity index is 875. The van der Waals surface area contributed by atoms with Gasteiger partial charge in [-0.05, 0) is 45.6 Å². The number of fused-ring (bicyclic) bond motifs is 1. The molecule has 8 heteroatoms. The second-order valence-corrected chi connectivity index (χ2v) is 9.24. The molecule has 6 atom stereocenters. The van der Waals surface area contributed by atoms with E-state index in [-0.39, 0.29) is 31.1 Å². The largest absolute Gasteiger partial charge is 0.466 e. The standard InChI is InChI=1S/C24H32N2O6/c1-4-31-23(30)18-17-10-11-24(32-17)19(18)22(29)26(20(24)21(28)25-14(2)3)16(13-27)12-15-8-6-5-7-9-15/h5-9,14,16-20,27H,4,10-13H2,1-3H3,(H,25,28)/t16-,17-,18+,19+,20-,24+/m1/s1. The molecule has 32 heavy (non-hydrogen) atoms. The number of esters is 1. The van der Waals surface area contributed by atoms with Crippen LogP contribution in [0.25, 0.3) is 0 Å². The number of nitrogens with zero attached hydrogens (tertiary/aromatic N) is 1. The third-order valence-corrected chi connectivity index (χ3v) is 6.89. The number of carbonyl (C=O) groups excluding carboxylic acids is 3. The first-order valence-corrected chi connectivity index (χ1v) is 11.5. The summed E-state index contributed by atoms with van der Waals surface area (Å²) in [5, 5.41) is 13.2. The topological polar surface area (TPSA) is 105 Å². The summed E-state index contributed by atoms with van der Waals surface area (Å²) in [7, 11) is 0. The summed E-state index contributed by atoms with van der Waals surface area (Å²) in [6, 6.07) is 7.89. The Hall–Kier alpha value is -2.45. The van der Waals surface area contributed by atoms with Gasteiger partial charge in [0.15, 0.2) is 0 Å². The maximum atomic E-state index is 13.8. The minimum absolute atomic E-state index is 0.129. The van der Waals surface area contributed by atoms with Crippen LogP contribution in [-0.2, 0) is 30.3 Å². The van der Waals surface area contributed by atoms with Crippen molar-refractivity contribution in [3.63, 3.8) is 0 Å². The smallest absolute Gasteiger partial charge is 0.312 e. The summed E-state index contributed by atoms with van der Waals surface area (Å²) in [5.74, 6) is -2.60. The predicted molar refractivity (Wildman–Crippen MR) is 115 cm³/mol. The average molecular weight is 445 g/mol. The average Bonchev–Trinajstić information content (AvgIpc) is 3.40. The molecular formula is C24H32N2O6. The summed E-state index contributed by atoms with van der Waals surface area (Å²) in [6.45, 7) is 5.35. The van der Waals surface area contributed by atoms with Crippen molar-refractivity contribution < 1.29 is 29.0 Å². The van der Waals surface area contributed by atoms with Crippen LogP contribution >= 0.6 is 0 Å². The van der Waals surface area contributed by atoms with Gasteiger partial charge in [0.05, 0.1) is 37.2 Å². The second-order valence-electron chi connectivity index (χ2n) is 9.24. The lowest BCUT2D eigenvalue weighted by atomic mass is 9.70. The van der Waals surface area contributed by atoms with Gasteiger partial charge in [0.2, 0.25) is 11.8 Å². The molecule has 0 saturated carbocycles. The van der Waals surface area contributed by atoms with Crippen molar-refractivity contribution in [2.24, 2.45) is 11.8 Å². The normalized spacial score (nSPS) is 31.7. The van der Waals surface area contributed by atoms with E-state index in [4.69, 9.17) is 9.47 Å². The predicted octanol–water partition coefficient (Wildman–Crippen LogP) is 1.05. The van der Waals surface area contributed by atoms with E-state index >= 15 is 0 Å². The van der Waals surface area contributed by atoms with Crippen LogP contribution in [0, 0.1) is 11.8 Å². The third-order valence-electron chi connectivity index (χ3n) is 6.89. The molecule has 1 aromatic rings. The zero-order valence-electron chi connectivity index (χ0n) is 18.8. The van der Waals surface area contributed by atoms with E-state index in [0.717, 1.165) is 5.56 Å². The van der Waals surface area contributed by atoms with Crippen molar-refractivity contribution in [1.29, 1.82) is 0 Å². The van der Waals surface area contributed by atoms with Crippen molar-refractivity contribution in [3.05, 3.63) is 35.9 Å². The summed E-state index contributed by atoms with van der Waals surface area (Å²) >= 11 is 0. The van der Waals surface area contributed by atoms with Gasteiger partial charge in [0.25, 0.3) is 0 Å². The molecule has 3 heterocycles. The molecule has 1 spiro atoms. The molecule has 0 aromatic heterocycles. The molecule has 3 saturated heterocycles. The quantitative estimate of drug-likeness (QED) is 0.581. The first-order chi connectivity index (χ1) is 15.3. The molecule has 0 aliphatic carbocycles. The number of nitrogens with one attached hydrogen (secondary N) is 1. The molecule has 3 aliphatic heterocycles. The van der Waals surface area contributed by atoms with Crippen LogP contribution in [0.15, 0.2) is 30.3 Å². The van der Waals surface area contributed by atoms with Crippen molar-refractivity contribution in [2.75, 3.05) is 13.2 Å². The molecule has 174 valence electrons. The second kappa shape index (κ2) is 8.83. The molecule has 2 N–H and O–H groups in total. The lowest BCUT2D eigenvalue weighted by molar-refractivity contribution is -0.155. The number of ether oxygens (including phenoxy) is 2. The molecule has 4 rings (SSSR count). The Morgan fingerprint density at radius 3 is 2.66 bits per heavy atom. The number of hydrogen-bond donors (Lipinski definition) is 2. The summed E-state index contributed by atoms with van der Waals surface area (Å²) in [4.78, 5) is 41.5. The highest BCUT2D eigenvalue weighted by molar-refractivity contribution is 5.98. The van der Waals surface area contributed by atoms with E-state index in [0.29, 0.717) is 19.3 Å². The van der Waals surface area contributed by atoms with Gasteiger partial charge in [0, 0.05) is 6.04 Å². The molecule has 1 aromatic carbocycles. The number of rotatable bonds is 8. The maximum absolute atomic E-state index is 13.8. The molecule has 2 bridgehead atoms. The zero-order chi connectivity index (χ0) is 23.0. The van der Waals surface area contributed by atoms with Gasteiger partial charge in [-0.1, -0.05) is 30.3 Å². The highest BCUT2D eigenvalue weighted by Gasteiger charge is 2.75. The van der Waals surface area contributed by atoms with E-state index in [1.54, 1.807) is 6.92 Å². The number of benzene rings is 1. The lowest BCUT2D eigenvalue weighted by Crippen LogP contribution is -2.59. The van der Waals surface area contributed by atoms with Crippen LogP contribution in [0.4, 0.5) is 0 Å². The van der Waals surface area contributed by atoms with Gasteiger partial charge in [-0.2, -0.15) is 0 Å². The third kappa shape index (κ3) is 3.59. The highest BCUT2D eigenvalue weighted by atomic mass is 16.6. The monoisotopic (exact) mass is 444 g/mol. The Kier molecular flexibility index (Phi) is 6.27. The molecule has 8 nitrogen and oxygen atoms in total. The number of carbonyl (C=O) groups is 3. The van der Waals surface area contributed by atoms with Gasteiger partial charge in [-0.3, -0.25) is 14.4 Å². The van der Waals surface area contributed by atoms with Gasteiger partial charge in [-0.25, -0.2) is 0 Å². The first-order valence-electron chi connectivity index (χ1n) is 11.5. The number of amides is 2. The molecule has 3 aliphatic rings. The summed E-state index contributed by atoms with van der Waals surface area (Å²) < 4.78 is 11.6. The van der Waals surface area contributed by atoms with E-state index in [9.17, 15) is 19.5 Å². The van der Waals surface area contributed by atoms with Crippen LogP contribution < -0.4 is 5.32 Å². The van der Waals surface area contributed by atoms with Gasteiger partial charge in [0.1, 0.15) is 11.6 Å². The maximum Gasteiger partial charge on any atom is 0.312 e. The van der Waals surface area contributed by atoms with E-state index < -0.39 is 41.6 Å². The summed E-state index contributed by atoms with van der Waals surface area (Å²) in [6.07, 6.45) is 1.07. The fourth-order valence-electron chi connectivity index (χ4n) is 5.79. The summed E-state index contributed by atoms with van der Waals surface area (Å²) in [5.41, 5.74) is -0.133. The van der Waals surface area contributed by atoms with Crippen molar-refractivity contribution >= 4 is 17.8 Å². The van der Waals surface area contributed by atoms with E-state index in [1.807, 2.05) is 44.2 Å². The molecule has 0 unspecified atom stereocenters.